The molecule has 0 radical (unpaired) electrons. The number of rotatable bonds is 6. The summed E-state index contributed by atoms with van der Waals surface area (Å²) in [5.74, 6) is 1.72. The number of hydrogen-bond acceptors (Lipinski definition) is 2. The maximum absolute atomic E-state index is 5.52. The Labute approximate surface area is 99.2 Å². The van der Waals surface area contributed by atoms with Crippen LogP contribution in [-0.4, -0.2) is 9.95 Å². The fourth-order valence-corrected chi connectivity index (χ4v) is 3.67. The van der Waals surface area contributed by atoms with E-state index in [1.807, 2.05) is 11.8 Å². The van der Waals surface area contributed by atoms with Gasteiger partial charge in [-0.3, -0.25) is 0 Å². The topological polar surface area (TPSA) is 0 Å². The van der Waals surface area contributed by atoms with Crippen molar-refractivity contribution in [2.75, 3.05) is 5.75 Å². The molecule has 0 nitrogen and oxygen atoms in total. The summed E-state index contributed by atoms with van der Waals surface area (Å²) in [7, 11) is 0. The predicted molar refractivity (Wildman–Crippen MR) is 73.2 cm³/mol. The smallest absolute Gasteiger partial charge is 0.0514 e. The predicted octanol–water partition coefficient (Wildman–Crippen LogP) is 4.92. The zero-order valence-electron chi connectivity index (χ0n) is 10.2. The first kappa shape index (κ1) is 14.4. The molecule has 0 rings (SSSR count). The Morgan fingerprint density at radius 3 is 2.00 bits per heavy atom. The molecule has 1 unspecified atom stereocenters. The summed E-state index contributed by atoms with van der Waals surface area (Å²) in [5.41, 5.74) is 0.411. The average molecular weight is 232 g/mol. The van der Waals surface area contributed by atoms with Crippen molar-refractivity contribution in [3.05, 3.63) is 0 Å². The molecule has 0 fully saturated rings. The molecule has 14 heavy (non-hydrogen) atoms. The van der Waals surface area contributed by atoms with Crippen LogP contribution in [0.5, 0.6) is 0 Å². The van der Waals surface area contributed by atoms with Crippen molar-refractivity contribution < 1.29 is 0 Å². The zero-order chi connectivity index (χ0) is 11.2. The molecule has 0 aliphatic rings. The number of hydrogen-bond donors (Lipinski definition) is 0. The van der Waals surface area contributed by atoms with Crippen LogP contribution in [0, 0.1) is 11.3 Å². The molecule has 84 valence electrons. The standard InChI is InChI=1S/C12H24S2/c1-6-10(11(13)14-9-4)12(5,7-2)8-3/h10H,6-9H2,1-5H3. The minimum absolute atomic E-state index is 0.411. The van der Waals surface area contributed by atoms with Crippen LogP contribution in [-0.2, 0) is 0 Å². The highest BCUT2D eigenvalue weighted by atomic mass is 32.2. The largest absolute Gasteiger partial charge is 0.119 e. The minimum atomic E-state index is 0.411. The summed E-state index contributed by atoms with van der Waals surface area (Å²) < 4.78 is 1.22. The Morgan fingerprint density at radius 1 is 1.21 bits per heavy atom. The van der Waals surface area contributed by atoms with Crippen LogP contribution < -0.4 is 0 Å². The van der Waals surface area contributed by atoms with Gasteiger partial charge in [-0.05, 0) is 17.6 Å². The molecule has 0 N–H and O–H groups in total. The second kappa shape index (κ2) is 6.84. The van der Waals surface area contributed by atoms with Gasteiger partial charge in [0.25, 0.3) is 0 Å². The molecule has 0 amide bonds. The maximum Gasteiger partial charge on any atom is 0.0514 e. The van der Waals surface area contributed by atoms with E-state index in [9.17, 15) is 0 Å². The van der Waals surface area contributed by atoms with Crippen LogP contribution in [0.25, 0.3) is 0 Å². The summed E-state index contributed by atoms with van der Waals surface area (Å²) in [4.78, 5) is 0. The first-order valence-electron chi connectivity index (χ1n) is 5.72. The van der Waals surface area contributed by atoms with Crippen molar-refractivity contribution in [2.45, 2.75) is 53.9 Å². The molecule has 0 aromatic carbocycles. The monoisotopic (exact) mass is 232 g/mol. The number of thiocarbonyl (C=S) groups is 1. The highest BCUT2D eigenvalue weighted by Crippen LogP contribution is 2.40. The van der Waals surface area contributed by atoms with E-state index < -0.39 is 0 Å². The third-order valence-electron chi connectivity index (χ3n) is 3.44. The fraction of sp³-hybridized carbons (Fsp3) is 0.917. The summed E-state index contributed by atoms with van der Waals surface area (Å²) >= 11 is 7.37. The van der Waals surface area contributed by atoms with Crippen LogP contribution in [0.15, 0.2) is 0 Å². The van der Waals surface area contributed by atoms with Crippen molar-refractivity contribution in [3.63, 3.8) is 0 Å². The Morgan fingerprint density at radius 2 is 1.71 bits per heavy atom. The van der Waals surface area contributed by atoms with Gasteiger partial charge in [0.15, 0.2) is 0 Å². The van der Waals surface area contributed by atoms with Crippen LogP contribution in [0.4, 0.5) is 0 Å². The van der Waals surface area contributed by atoms with E-state index in [1.165, 1.54) is 23.5 Å². The van der Waals surface area contributed by atoms with E-state index in [0.29, 0.717) is 11.3 Å². The zero-order valence-corrected chi connectivity index (χ0v) is 11.9. The lowest BCUT2D eigenvalue weighted by Gasteiger charge is -2.36. The fourth-order valence-electron chi connectivity index (χ4n) is 1.93. The molecule has 2 heteroatoms. The molecule has 0 saturated carbocycles. The van der Waals surface area contributed by atoms with Crippen LogP contribution >= 0.6 is 24.0 Å². The Bertz CT molecular complexity index is 171. The van der Waals surface area contributed by atoms with Gasteiger partial charge in [0, 0.05) is 5.92 Å². The molecule has 0 saturated heterocycles. The van der Waals surface area contributed by atoms with E-state index >= 15 is 0 Å². The molecule has 1 atom stereocenters. The van der Waals surface area contributed by atoms with Crippen molar-refractivity contribution >= 4 is 28.2 Å². The van der Waals surface area contributed by atoms with Gasteiger partial charge < -0.3 is 0 Å². The number of thioether (sulfide) groups is 1. The molecule has 0 aromatic rings. The van der Waals surface area contributed by atoms with E-state index in [0.717, 1.165) is 5.75 Å². The minimum Gasteiger partial charge on any atom is -0.119 e. The summed E-state index contributed by atoms with van der Waals surface area (Å²) in [6.07, 6.45) is 3.64. The molecular weight excluding hydrogens is 208 g/mol. The first-order chi connectivity index (χ1) is 6.55. The summed E-state index contributed by atoms with van der Waals surface area (Å²) in [6, 6.07) is 0. The SMILES string of the molecule is CCSC(=S)C(CC)C(C)(CC)CC. The van der Waals surface area contributed by atoms with Gasteiger partial charge in [-0.2, -0.15) is 0 Å². The third-order valence-corrected chi connectivity index (χ3v) is 4.93. The van der Waals surface area contributed by atoms with Crippen molar-refractivity contribution in [1.82, 2.24) is 0 Å². The van der Waals surface area contributed by atoms with Crippen LogP contribution in [0.3, 0.4) is 0 Å². The van der Waals surface area contributed by atoms with Crippen molar-refractivity contribution in [1.29, 1.82) is 0 Å². The van der Waals surface area contributed by atoms with Gasteiger partial charge in [-0.15, -0.1) is 11.8 Å². The molecular formula is C12H24S2. The van der Waals surface area contributed by atoms with Gasteiger partial charge >= 0.3 is 0 Å². The molecule has 0 aliphatic carbocycles. The highest BCUT2D eigenvalue weighted by molar-refractivity contribution is 8.23. The lowest BCUT2D eigenvalue weighted by atomic mass is 9.72. The third kappa shape index (κ3) is 3.54. The Balaban J connectivity index is 4.59. The van der Waals surface area contributed by atoms with Crippen molar-refractivity contribution in [3.8, 4) is 0 Å². The quantitative estimate of drug-likeness (QED) is 0.596. The maximum atomic E-state index is 5.52. The lowest BCUT2D eigenvalue weighted by Crippen LogP contribution is -2.30. The van der Waals surface area contributed by atoms with Crippen molar-refractivity contribution in [2.24, 2.45) is 11.3 Å². The lowest BCUT2D eigenvalue weighted by molar-refractivity contribution is 0.222. The molecule has 0 spiro atoms. The van der Waals surface area contributed by atoms with E-state index in [1.54, 1.807) is 0 Å². The highest BCUT2D eigenvalue weighted by Gasteiger charge is 2.32. The molecule has 0 aromatic heterocycles. The van der Waals surface area contributed by atoms with Gasteiger partial charge in [0.05, 0.1) is 4.20 Å². The van der Waals surface area contributed by atoms with E-state index in [2.05, 4.69) is 34.6 Å². The van der Waals surface area contributed by atoms with Gasteiger partial charge in [-0.1, -0.05) is 59.7 Å². The van der Waals surface area contributed by atoms with E-state index in [4.69, 9.17) is 12.2 Å². The second-order valence-electron chi connectivity index (χ2n) is 4.07. The summed E-state index contributed by atoms with van der Waals surface area (Å²) in [6.45, 7) is 11.4. The Hall–Kier alpha value is 0.440. The normalized spacial score (nSPS) is 14.1. The van der Waals surface area contributed by atoms with Gasteiger partial charge in [0.2, 0.25) is 0 Å². The second-order valence-corrected chi connectivity index (χ2v) is 6.08. The first-order valence-corrected chi connectivity index (χ1v) is 7.11. The molecule has 0 aliphatic heterocycles. The van der Waals surface area contributed by atoms with Gasteiger partial charge in [0.1, 0.15) is 0 Å². The van der Waals surface area contributed by atoms with E-state index in [-0.39, 0.29) is 0 Å². The van der Waals surface area contributed by atoms with Crippen LogP contribution in [0.1, 0.15) is 53.9 Å². The molecule has 0 bridgehead atoms. The molecule has 0 heterocycles. The average Bonchev–Trinajstić information content (AvgIpc) is 2.19. The van der Waals surface area contributed by atoms with Gasteiger partial charge in [-0.25, -0.2) is 0 Å². The van der Waals surface area contributed by atoms with Crippen LogP contribution in [0.2, 0.25) is 0 Å². The summed E-state index contributed by atoms with van der Waals surface area (Å²) in [5, 5.41) is 0. The Kier molecular flexibility index (Phi) is 7.05.